The van der Waals surface area contributed by atoms with E-state index in [1.807, 2.05) is 36.1 Å². The summed E-state index contributed by atoms with van der Waals surface area (Å²) >= 11 is 3.55. The molecule has 3 aromatic carbocycles. The molecule has 57 heavy (non-hydrogen) atoms. The summed E-state index contributed by atoms with van der Waals surface area (Å²) < 4.78 is 28.3. The second kappa shape index (κ2) is 17.6. The van der Waals surface area contributed by atoms with Crippen molar-refractivity contribution in [2.45, 2.75) is 96.2 Å². The Labute approximate surface area is 340 Å². The average molecular weight is 844 g/mol. The van der Waals surface area contributed by atoms with Crippen molar-refractivity contribution < 1.29 is 33.0 Å². The number of likely N-dealkylation sites (tertiary alicyclic amines) is 1. The molecule has 14 heteroatoms. The number of imide groups is 1. The molecule has 300 valence electrons. The number of amides is 4. The van der Waals surface area contributed by atoms with Crippen molar-refractivity contribution in [3.8, 4) is 11.5 Å². The predicted octanol–water partition coefficient (Wildman–Crippen LogP) is 7.52. The Balaban J connectivity index is 0.845. The zero-order chi connectivity index (χ0) is 40.2. The first-order valence-corrected chi connectivity index (χ1v) is 20.5. The van der Waals surface area contributed by atoms with Crippen molar-refractivity contribution in [1.82, 2.24) is 25.1 Å². The molecule has 3 aliphatic heterocycles. The minimum absolute atomic E-state index is 0.00974. The monoisotopic (exact) mass is 842 g/mol. The van der Waals surface area contributed by atoms with E-state index >= 15 is 4.39 Å². The molecule has 2 N–H and O–H groups in total. The average Bonchev–Trinajstić information content (AvgIpc) is 3.50. The van der Waals surface area contributed by atoms with Gasteiger partial charge in [0.1, 0.15) is 23.5 Å². The number of rotatable bonds is 14. The van der Waals surface area contributed by atoms with Crippen molar-refractivity contribution in [2.75, 3.05) is 32.1 Å². The fourth-order valence-corrected chi connectivity index (χ4v) is 8.55. The summed E-state index contributed by atoms with van der Waals surface area (Å²) in [5.74, 6) is 0.976. The Morgan fingerprint density at radius 3 is 2.56 bits per heavy atom. The highest BCUT2D eigenvalue weighted by Gasteiger charge is 2.40. The summed E-state index contributed by atoms with van der Waals surface area (Å²) in [4.78, 5) is 62.8. The number of piperidine rings is 2. The van der Waals surface area contributed by atoms with Gasteiger partial charge in [-0.3, -0.25) is 24.5 Å². The molecule has 2 atom stereocenters. The van der Waals surface area contributed by atoms with Gasteiger partial charge in [0.05, 0.1) is 25.3 Å². The summed E-state index contributed by atoms with van der Waals surface area (Å²) in [5.41, 5.74) is 3.39. The van der Waals surface area contributed by atoms with E-state index in [1.165, 1.54) is 11.0 Å². The number of hydrogen-bond acceptors (Lipinski definition) is 9. The van der Waals surface area contributed by atoms with Crippen LogP contribution in [0.5, 0.6) is 11.5 Å². The van der Waals surface area contributed by atoms with E-state index in [9.17, 15) is 19.2 Å². The molecule has 1 aromatic heterocycles. The molecule has 2 saturated heterocycles. The van der Waals surface area contributed by atoms with Crippen molar-refractivity contribution >= 4 is 56.3 Å². The number of hydrogen-bond donors (Lipinski definition) is 2. The van der Waals surface area contributed by atoms with E-state index in [2.05, 4.69) is 50.6 Å². The number of carbonyl (C=O) groups is 4. The number of benzene rings is 3. The van der Waals surface area contributed by atoms with Crippen LogP contribution in [0.25, 0.3) is 10.9 Å². The number of aromatic nitrogens is 2. The zero-order valence-corrected chi connectivity index (χ0v) is 34.1. The van der Waals surface area contributed by atoms with Gasteiger partial charge in [0, 0.05) is 54.0 Å². The van der Waals surface area contributed by atoms with Gasteiger partial charge >= 0.3 is 0 Å². The van der Waals surface area contributed by atoms with Crippen LogP contribution in [-0.2, 0) is 20.9 Å². The molecule has 7 rings (SSSR count). The Morgan fingerprint density at radius 2 is 1.81 bits per heavy atom. The van der Waals surface area contributed by atoms with Crippen LogP contribution in [0, 0.1) is 12.7 Å². The van der Waals surface area contributed by atoms with Gasteiger partial charge in [0.25, 0.3) is 5.91 Å². The third kappa shape index (κ3) is 9.06. The number of nitrogens with one attached hydrogen (secondary N) is 2. The quantitative estimate of drug-likeness (QED) is 0.0974. The van der Waals surface area contributed by atoms with Crippen LogP contribution < -0.4 is 20.1 Å². The fourth-order valence-electron chi connectivity index (χ4n) is 8.13. The highest BCUT2D eigenvalue weighted by Crippen LogP contribution is 2.37. The van der Waals surface area contributed by atoms with Gasteiger partial charge in [0.2, 0.25) is 17.7 Å². The van der Waals surface area contributed by atoms with Gasteiger partial charge in [-0.25, -0.2) is 14.4 Å². The SMILES string of the molecule is COc1cc2c(N[C@H](C)c3cccc(Br)c3)nc(C)nc2cc1OCCCCCCC(=O)N1CCC(c2cc3c(cc2F)C(=O)N(C2CCC(=O)NC2=O)C3)CC1. The number of anilines is 1. The Bertz CT molecular complexity index is 2190. The molecule has 0 bridgehead atoms. The number of aryl methyl sites for hydroxylation is 1. The van der Waals surface area contributed by atoms with Gasteiger partial charge in [-0.05, 0) is 92.8 Å². The topological polar surface area (TPSA) is 143 Å². The van der Waals surface area contributed by atoms with Crippen LogP contribution in [0.2, 0.25) is 0 Å². The lowest BCUT2D eigenvalue weighted by Crippen LogP contribution is -2.52. The summed E-state index contributed by atoms with van der Waals surface area (Å²) in [6, 6.07) is 14.3. The van der Waals surface area contributed by atoms with Crippen LogP contribution in [-0.4, -0.2) is 76.2 Å². The predicted molar refractivity (Wildman–Crippen MR) is 217 cm³/mol. The van der Waals surface area contributed by atoms with Gasteiger partial charge in [-0.15, -0.1) is 0 Å². The second-order valence-electron chi connectivity index (χ2n) is 15.2. The number of methoxy groups -OCH3 is 1. The zero-order valence-electron chi connectivity index (χ0n) is 32.5. The van der Waals surface area contributed by atoms with E-state index in [4.69, 9.17) is 14.5 Å². The van der Waals surface area contributed by atoms with E-state index in [1.54, 1.807) is 13.2 Å². The lowest BCUT2D eigenvalue weighted by atomic mass is 9.87. The van der Waals surface area contributed by atoms with Gasteiger partial charge in [-0.2, -0.15) is 0 Å². The Kier molecular flexibility index (Phi) is 12.4. The standard InChI is InChI=1S/C43H48BrFN6O6/c1-25(28-9-8-10-30(44)19-28)46-41-33-22-37(56-3)38(23-35(33)47-26(2)48-41)57-18-7-5-4-6-11-40(53)50-16-14-27(15-17-50)31-20-29-24-51(43(55)32(29)21-34(31)45)36-12-13-39(52)49-42(36)54/h8-10,19-23,25,27,36H,4-7,11-18,24H2,1-3H3,(H,46,47,48)(H,49,52,54)/t25-,36?/m1/s1. The fraction of sp³-hybridized carbons (Fsp3) is 0.442. The molecule has 4 amide bonds. The molecular formula is C43H48BrFN6O6. The number of fused-ring (bicyclic) bond motifs is 2. The minimum atomic E-state index is -0.743. The van der Waals surface area contributed by atoms with E-state index < -0.39 is 17.8 Å². The minimum Gasteiger partial charge on any atom is -0.493 e. The molecule has 0 aliphatic carbocycles. The summed E-state index contributed by atoms with van der Waals surface area (Å²) in [7, 11) is 1.62. The molecule has 4 aromatic rings. The first kappa shape index (κ1) is 40.1. The van der Waals surface area contributed by atoms with Crippen LogP contribution in [0.4, 0.5) is 10.2 Å². The Morgan fingerprint density at radius 1 is 1.02 bits per heavy atom. The van der Waals surface area contributed by atoms with Crippen molar-refractivity contribution in [3.63, 3.8) is 0 Å². The lowest BCUT2D eigenvalue weighted by Gasteiger charge is -2.32. The molecule has 4 heterocycles. The maximum Gasteiger partial charge on any atom is 0.255 e. The number of unbranched alkanes of at least 4 members (excludes halogenated alkanes) is 3. The van der Waals surface area contributed by atoms with Crippen molar-refractivity contribution in [3.05, 3.63) is 86.9 Å². The summed E-state index contributed by atoms with van der Waals surface area (Å²) in [6.45, 7) is 5.77. The van der Waals surface area contributed by atoms with Gasteiger partial charge in [-0.1, -0.05) is 47.0 Å². The molecule has 0 spiro atoms. The van der Waals surface area contributed by atoms with E-state index in [-0.39, 0.29) is 54.6 Å². The maximum atomic E-state index is 15.4. The highest BCUT2D eigenvalue weighted by atomic mass is 79.9. The largest absolute Gasteiger partial charge is 0.493 e. The van der Waals surface area contributed by atoms with Gasteiger partial charge < -0.3 is 24.6 Å². The number of halogens is 2. The molecular weight excluding hydrogens is 795 g/mol. The number of nitrogens with zero attached hydrogens (tertiary/aromatic N) is 4. The smallest absolute Gasteiger partial charge is 0.255 e. The van der Waals surface area contributed by atoms with Crippen molar-refractivity contribution in [1.29, 1.82) is 0 Å². The molecule has 0 saturated carbocycles. The molecule has 2 fully saturated rings. The maximum absolute atomic E-state index is 15.4. The molecule has 0 radical (unpaired) electrons. The normalized spacial score (nSPS) is 17.8. The second-order valence-corrected chi connectivity index (χ2v) is 16.1. The number of carbonyl (C=O) groups excluding carboxylic acids is 4. The summed E-state index contributed by atoms with van der Waals surface area (Å²) in [6.07, 6.45) is 5.56. The lowest BCUT2D eigenvalue weighted by molar-refractivity contribution is -0.137. The first-order valence-electron chi connectivity index (χ1n) is 19.7. The molecule has 1 unspecified atom stereocenters. The molecule has 3 aliphatic rings. The first-order chi connectivity index (χ1) is 27.5. The van der Waals surface area contributed by atoms with Crippen molar-refractivity contribution in [2.24, 2.45) is 0 Å². The third-order valence-electron chi connectivity index (χ3n) is 11.3. The highest BCUT2D eigenvalue weighted by molar-refractivity contribution is 9.10. The van der Waals surface area contributed by atoms with Gasteiger partial charge in [0.15, 0.2) is 11.5 Å². The van der Waals surface area contributed by atoms with Crippen LogP contribution >= 0.6 is 15.9 Å². The van der Waals surface area contributed by atoms with E-state index in [0.29, 0.717) is 67.4 Å². The van der Waals surface area contributed by atoms with E-state index in [0.717, 1.165) is 52.4 Å². The van der Waals surface area contributed by atoms with Crippen LogP contribution in [0.3, 0.4) is 0 Å². The summed E-state index contributed by atoms with van der Waals surface area (Å²) in [5, 5.41) is 6.67. The Hall–Kier alpha value is -5.11. The van der Waals surface area contributed by atoms with Crippen LogP contribution in [0.1, 0.15) is 110 Å². The molecule has 12 nitrogen and oxygen atoms in total. The van der Waals surface area contributed by atoms with Crippen LogP contribution in [0.15, 0.2) is 53.0 Å². The number of ether oxygens (including phenoxy) is 2. The third-order valence-corrected chi connectivity index (χ3v) is 11.8.